The van der Waals surface area contributed by atoms with E-state index in [2.05, 4.69) is 15.5 Å². The van der Waals surface area contributed by atoms with E-state index in [0.29, 0.717) is 55.9 Å². The van der Waals surface area contributed by atoms with Gasteiger partial charge in [-0.25, -0.2) is 0 Å². The van der Waals surface area contributed by atoms with E-state index in [-0.39, 0.29) is 17.7 Å². The van der Waals surface area contributed by atoms with E-state index in [4.69, 9.17) is 4.74 Å². The highest BCUT2D eigenvalue weighted by atomic mass is 16.5. The van der Waals surface area contributed by atoms with Crippen molar-refractivity contribution in [3.05, 3.63) is 65.5 Å². The molecule has 3 aliphatic rings. The smallest absolute Gasteiger partial charge is 0.253 e. The highest BCUT2D eigenvalue weighted by molar-refractivity contribution is 6.02. The lowest BCUT2D eigenvalue weighted by Gasteiger charge is -2.38. The van der Waals surface area contributed by atoms with Gasteiger partial charge in [-0.15, -0.1) is 0 Å². The Morgan fingerprint density at radius 2 is 1.81 bits per heavy atom. The number of nitrogens with zero attached hydrogens (tertiary/aromatic N) is 3. The molecule has 0 saturated carbocycles. The lowest BCUT2D eigenvalue weighted by Crippen LogP contribution is -2.46. The molecule has 2 N–H and O–H groups in total. The van der Waals surface area contributed by atoms with Crippen molar-refractivity contribution in [3.63, 3.8) is 0 Å². The third-order valence-corrected chi connectivity index (χ3v) is 7.86. The van der Waals surface area contributed by atoms with Gasteiger partial charge in [-0.05, 0) is 55.2 Å². The van der Waals surface area contributed by atoms with Gasteiger partial charge >= 0.3 is 0 Å². The van der Waals surface area contributed by atoms with Crippen molar-refractivity contribution < 1.29 is 19.1 Å². The quantitative estimate of drug-likeness (QED) is 0.591. The molecule has 184 valence electrons. The Labute approximate surface area is 208 Å². The van der Waals surface area contributed by atoms with Crippen LogP contribution in [0.4, 0.5) is 5.69 Å². The maximum absolute atomic E-state index is 13.6. The number of hydrogen-bond donors (Lipinski definition) is 2. The number of H-pyrrole nitrogens is 1. The highest BCUT2D eigenvalue weighted by Gasteiger charge is 2.49. The van der Waals surface area contributed by atoms with Crippen molar-refractivity contribution in [2.24, 2.45) is 5.41 Å². The molecule has 3 amide bonds. The fourth-order valence-corrected chi connectivity index (χ4v) is 5.70. The number of carbonyl (C=O) groups is 3. The van der Waals surface area contributed by atoms with E-state index >= 15 is 0 Å². The fourth-order valence-electron chi connectivity index (χ4n) is 5.70. The fraction of sp³-hybridized carbons (Fsp3) is 0.333. The van der Waals surface area contributed by atoms with Crippen LogP contribution in [0.2, 0.25) is 0 Å². The summed E-state index contributed by atoms with van der Waals surface area (Å²) in [5, 5.41) is 9.61. The Balaban J connectivity index is 1.15. The number of fused-ring (bicyclic) bond motifs is 1. The number of carbonyl (C=O) groups excluding carboxylic acids is 3. The van der Waals surface area contributed by atoms with Crippen LogP contribution >= 0.6 is 0 Å². The molecule has 3 aliphatic heterocycles. The van der Waals surface area contributed by atoms with E-state index in [1.54, 1.807) is 25.4 Å². The zero-order valence-corrected chi connectivity index (χ0v) is 20.0. The molecule has 0 radical (unpaired) electrons. The lowest BCUT2D eigenvalue weighted by atomic mass is 9.77. The minimum Gasteiger partial charge on any atom is -0.496 e. The van der Waals surface area contributed by atoms with Crippen LogP contribution in [0.3, 0.4) is 0 Å². The van der Waals surface area contributed by atoms with Crippen LogP contribution in [0.25, 0.3) is 11.1 Å². The van der Waals surface area contributed by atoms with E-state index in [0.717, 1.165) is 28.8 Å². The summed E-state index contributed by atoms with van der Waals surface area (Å²) in [5.74, 6) is 0.667. The SMILES string of the molecule is COc1cc(N2CCC3(CCN(C(=O)c4ccc5c(c4)CNC5=O)CC3)C2=O)ccc1-c1cn[nH]c1. The van der Waals surface area contributed by atoms with Crippen molar-refractivity contribution in [1.82, 2.24) is 20.4 Å². The van der Waals surface area contributed by atoms with Gasteiger partial charge in [0.2, 0.25) is 5.91 Å². The summed E-state index contributed by atoms with van der Waals surface area (Å²) < 4.78 is 5.61. The number of likely N-dealkylation sites (tertiary alicyclic amines) is 1. The monoisotopic (exact) mass is 485 g/mol. The van der Waals surface area contributed by atoms with Gasteiger partial charge in [-0.1, -0.05) is 0 Å². The molecule has 0 atom stereocenters. The van der Waals surface area contributed by atoms with Crippen LogP contribution in [0.1, 0.15) is 45.5 Å². The van der Waals surface area contributed by atoms with Crippen LogP contribution < -0.4 is 15.0 Å². The molecular weight excluding hydrogens is 458 g/mol. The molecule has 0 aliphatic carbocycles. The average molecular weight is 486 g/mol. The van der Waals surface area contributed by atoms with Crippen LogP contribution in [-0.4, -0.2) is 59.6 Å². The molecule has 9 heteroatoms. The maximum Gasteiger partial charge on any atom is 0.253 e. The molecule has 4 heterocycles. The van der Waals surface area contributed by atoms with Gasteiger partial charge in [-0.2, -0.15) is 5.10 Å². The number of benzene rings is 2. The van der Waals surface area contributed by atoms with Gasteiger partial charge in [0.15, 0.2) is 0 Å². The zero-order valence-electron chi connectivity index (χ0n) is 20.0. The maximum atomic E-state index is 13.6. The molecule has 6 rings (SSSR count). The van der Waals surface area contributed by atoms with Gasteiger partial charge in [0, 0.05) is 66.4 Å². The van der Waals surface area contributed by atoms with Crippen LogP contribution in [-0.2, 0) is 11.3 Å². The molecule has 2 aromatic carbocycles. The predicted molar refractivity (Wildman–Crippen MR) is 133 cm³/mol. The molecule has 36 heavy (non-hydrogen) atoms. The minimum atomic E-state index is -0.443. The first kappa shape index (κ1) is 22.3. The van der Waals surface area contributed by atoms with Crippen molar-refractivity contribution in [2.45, 2.75) is 25.8 Å². The number of hydrogen-bond acceptors (Lipinski definition) is 5. The summed E-state index contributed by atoms with van der Waals surface area (Å²) in [7, 11) is 1.62. The average Bonchev–Trinajstić information content (AvgIpc) is 3.65. The first-order valence-electron chi connectivity index (χ1n) is 12.2. The molecule has 0 bridgehead atoms. The molecule has 2 fully saturated rings. The highest BCUT2D eigenvalue weighted by Crippen LogP contribution is 2.44. The Morgan fingerprint density at radius 1 is 1.03 bits per heavy atom. The second-order valence-electron chi connectivity index (χ2n) is 9.71. The van der Waals surface area contributed by atoms with Crippen molar-refractivity contribution in [1.29, 1.82) is 0 Å². The molecule has 3 aromatic rings. The van der Waals surface area contributed by atoms with Gasteiger partial charge < -0.3 is 19.9 Å². The van der Waals surface area contributed by atoms with Crippen molar-refractivity contribution in [2.75, 3.05) is 31.6 Å². The topological polar surface area (TPSA) is 108 Å². The van der Waals surface area contributed by atoms with Crippen LogP contribution in [0.15, 0.2) is 48.8 Å². The summed E-state index contributed by atoms with van der Waals surface area (Å²) in [6.07, 6.45) is 5.60. The van der Waals surface area contributed by atoms with E-state index in [1.807, 2.05) is 40.3 Å². The minimum absolute atomic E-state index is 0.0473. The Morgan fingerprint density at radius 3 is 2.56 bits per heavy atom. The van der Waals surface area contributed by atoms with Gasteiger partial charge in [0.05, 0.1) is 18.7 Å². The zero-order chi connectivity index (χ0) is 24.9. The number of methoxy groups -OCH3 is 1. The number of nitrogens with one attached hydrogen (secondary N) is 2. The second kappa shape index (κ2) is 8.51. The number of piperidine rings is 1. The Kier molecular flexibility index (Phi) is 5.28. The van der Waals surface area contributed by atoms with Crippen molar-refractivity contribution in [3.8, 4) is 16.9 Å². The van der Waals surface area contributed by atoms with Crippen LogP contribution in [0.5, 0.6) is 5.75 Å². The third-order valence-electron chi connectivity index (χ3n) is 7.86. The van der Waals surface area contributed by atoms with Gasteiger partial charge in [0.25, 0.3) is 11.8 Å². The van der Waals surface area contributed by atoms with Crippen molar-refractivity contribution >= 4 is 23.4 Å². The Hall–Kier alpha value is -4.14. The molecule has 1 aromatic heterocycles. The summed E-state index contributed by atoms with van der Waals surface area (Å²) in [6.45, 7) is 2.17. The summed E-state index contributed by atoms with van der Waals surface area (Å²) in [4.78, 5) is 42.3. The number of anilines is 1. The Bertz CT molecular complexity index is 1360. The largest absolute Gasteiger partial charge is 0.496 e. The standard InChI is InChI=1S/C27H27N5O4/c1-36-23-13-20(3-5-21(23)19-15-29-30-16-19)32-11-8-27(26(32)35)6-9-31(10-7-27)25(34)17-2-4-22-18(12-17)14-28-24(22)33/h2-5,12-13,15-16H,6-11,14H2,1H3,(H,28,33)(H,29,30). The molecule has 9 nitrogen and oxygen atoms in total. The molecule has 0 unspecified atom stereocenters. The normalized spacial score (nSPS) is 18.5. The summed E-state index contributed by atoms with van der Waals surface area (Å²) in [6, 6.07) is 11.1. The molecular formula is C27H27N5O4. The molecule has 2 saturated heterocycles. The van der Waals surface area contributed by atoms with E-state index < -0.39 is 5.41 Å². The third kappa shape index (κ3) is 3.54. The molecule has 1 spiro atoms. The predicted octanol–water partition coefficient (Wildman–Crippen LogP) is 2.99. The lowest BCUT2D eigenvalue weighted by molar-refractivity contribution is -0.127. The van der Waals surface area contributed by atoms with Gasteiger partial charge in [-0.3, -0.25) is 19.5 Å². The summed E-state index contributed by atoms with van der Waals surface area (Å²) in [5.41, 5.74) is 4.29. The van der Waals surface area contributed by atoms with Crippen LogP contribution in [0, 0.1) is 5.41 Å². The number of aromatic nitrogens is 2. The number of rotatable bonds is 4. The van der Waals surface area contributed by atoms with E-state index in [1.165, 1.54) is 0 Å². The van der Waals surface area contributed by atoms with E-state index in [9.17, 15) is 14.4 Å². The first-order chi connectivity index (χ1) is 17.5. The first-order valence-corrected chi connectivity index (χ1v) is 12.2. The number of amides is 3. The number of aromatic amines is 1. The van der Waals surface area contributed by atoms with Gasteiger partial charge in [0.1, 0.15) is 5.75 Å². The summed E-state index contributed by atoms with van der Waals surface area (Å²) >= 11 is 0. The second-order valence-corrected chi connectivity index (χ2v) is 9.71. The number of ether oxygens (including phenoxy) is 1.